The van der Waals surface area contributed by atoms with Gasteiger partial charge in [0, 0.05) is 33.4 Å². The maximum absolute atomic E-state index is 5.72. The number of ether oxygens (including phenoxy) is 3. The molecule has 3 nitrogen and oxygen atoms in total. The molecule has 118 valence electrons. The Labute approximate surface area is 132 Å². The highest BCUT2D eigenvalue weighted by atomic mass is 16.5. The molecular weight excluding hydrogens is 276 g/mol. The molecule has 0 aliphatic carbocycles. The maximum Gasteiger partial charge on any atom is 0.119 e. The Morgan fingerprint density at radius 2 is 1.32 bits per heavy atom. The Morgan fingerprint density at radius 3 is 2.00 bits per heavy atom. The van der Waals surface area contributed by atoms with Gasteiger partial charge in [0.2, 0.25) is 0 Å². The summed E-state index contributed by atoms with van der Waals surface area (Å²) < 4.78 is 16.2. The van der Waals surface area contributed by atoms with Gasteiger partial charge in [0.05, 0.1) is 6.61 Å². The predicted molar refractivity (Wildman–Crippen MR) is 89.3 cm³/mol. The van der Waals surface area contributed by atoms with Crippen LogP contribution in [0.15, 0.2) is 54.6 Å². The van der Waals surface area contributed by atoms with E-state index in [1.54, 1.807) is 7.11 Å². The van der Waals surface area contributed by atoms with Gasteiger partial charge in [-0.25, -0.2) is 0 Å². The van der Waals surface area contributed by atoms with Crippen molar-refractivity contribution in [2.45, 2.75) is 12.8 Å². The van der Waals surface area contributed by atoms with E-state index in [9.17, 15) is 0 Å². The molecule has 0 amide bonds. The van der Waals surface area contributed by atoms with Crippen molar-refractivity contribution in [3.63, 3.8) is 0 Å². The molecular formula is C19H24O3. The van der Waals surface area contributed by atoms with Crippen LogP contribution in [0.25, 0.3) is 11.1 Å². The van der Waals surface area contributed by atoms with Crippen LogP contribution in [0.3, 0.4) is 0 Å². The van der Waals surface area contributed by atoms with E-state index >= 15 is 0 Å². The van der Waals surface area contributed by atoms with Gasteiger partial charge in [-0.1, -0.05) is 42.5 Å². The van der Waals surface area contributed by atoms with Gasteiger partial charge in [0.1, 0.15) is 5.75 Å². The van der Waals surface area contributed by atoms with Crippen molar-refractivity contribution in [2.75, 3.05) is 33.5 Å². The first kappa shape index (κ1) is 16.5. The minimum atomic E-state index is 0.676. The van der Waals surface area contributed by atoms with E-state index in [0.717, 1.165) is 38.4 Å². The lowest BCUT2D eigenvalue weighted by molar-refractivity contribution is 0.0940. The molecule has 0 saturated carbocycles. The van der Waals surface area contributed by atoms with Crippen molar-refractivity contribution in [1.29, 1.82) is 0 Å². The summed E-state index contributed by atoms with van der Waals surface area (Å²) in [5.74, 6) is 0.902. The standard InChI is InChI=1S/C19H24O3/c1-20-13-5-14-21-15-6-16-22-19-11-9-18(10-12-19)17-7-3-2-4-8-17/h2-4,7-12H,5-6,13-16H2,1H3. The number of methoxy groups -OCH3 is 1. The fraction of sp³-hybridized carbons (Fsp3) is 0.368. The van der Waals surface area contributed by atoms with Gasteiger partial charge in [-0.3, -0.25) is 0 Å². The maximum atomic E-state index is 5.72. The van der Waals surface area contributed by atoms with Gasteiger partial charge in [0.25, 0.3) is 0 Å². The van der Waals surface area contributed by atoms with Crippen LogP contribution in [0.5, 0.6) is 5.75 Å². The molecule has 0 radical (unpaired) electrons. The molecule has 0 unspecified atom stereocenters. The topological polar surface area (TPSA) is 27.7 Å². The quantitative estimate of drug-likeness (QED) is 0.616. The van der Waals surface area contributed by atoms with Crippen molar-refractivity contribution >= 4 is 0 Å². The van der Waals surface area contributed by atoms with Crippen LogP contribution in [0, 0.1) is 0 Å². The van der Waals surface area contributed by atoms with E-state index in [1.165, 1.54) is 11.1 Å². The lowest BCUT2D eigenvalue weighted by Gasteiger charge is -2.08. The van der Waals surface area contributed by atoms with E-state index in [1.807, 2.05) is 30.3 Å². The molecule has 3 heteroatoms. The fourth-order valence-electron chi connectivity index (χ4n) is 2.13. The summed E-state index contributed by atoms with van der Waals surface area (Å²) in [5.41, 5.74) is 2.42. The number of hydrogen-bond donors (Lipinski definition) is 0. The third-order valence-electron chi connectivity index (χ3n) is 3.30. The molecule has 0 N–H and O–H groups in total. The highest BCUT2D eigenvalue weighted by Gasteiger charge is 1.98. The van der Waals surface area contributed by atoms with Crippen molar-refractivity contribution in [1.82, 2.24) is 0 Å². The van der Waals surface area contributed by atoms with Gasteiger partial charge in [0.15, 0.2) is 0 Å². The largest absolute Gasteiger partial charge is 0.494 e. The van der Waals surface area contributed by atoms with Crippen molar-refractivity contribution in [2.24, 2.45) is 0 Å². The molecule has 0 aliphatic rings. The monoisotopic (exact) mass is 300 g/mol. The van der Waals surface area contributed by atoms with Gasteiger partial charge >= 0.3 is 0 Å². The number of rotatable bonds is 10. The molecule has 22 heavy (non-hydrogen) atoms. The molecule has 0 aromatic heterocycles. The zero-order valence-electron chi connectivity index (χ0n) is 13.2. The average molecular weight is 300 g/mol. The van der Waals surface area contributed by atoms with Crippen LogP contribution in [-0.2, 0) is 9.47 Å². The molecule has 2 aromatic carbocycles. The third-order valence-corrected chi connectivity index (χ3v) is 3.30. The highest BCUT2D eigenvalue weighted by molar-refractivity contribution is 5.63. The van der Waals surface area contributed by atoms with Crippen molar-refractivity contribution < 1.29 is 14.2 Å². The zero-order chi connectivity index (χ0) is 15.5. The van der Waals surface area contributed by atoms with E-state index < -0.39 is 0 Å². The number of hydrogen-bond acceptors (Lipinski definition) is 3. The van der Waals surface area contributed by atoms with Gasteiger partial charge in [-0.05, 0) is 29.7 Å². The Bertz CT molecular complexity index is 508. The number of benzene rings is 2. The fourth-order valence-corrected chi connectivity index (χ4v) is 2.13. The summed E-state index contributed by atoms with van der Waals surface area (Å²) in [6, 6.07) is 18.5. The molecule has 2 aromatic rings. The summed E-state index contributed by atoms with van der Waals surface area (Å²) in [6.07, 6.45) is 1.84. The third kappa shape index (κ3) is 5.88. The second-order valence-corrected chi connectivity index (χ2v) is 5.05. The molecule has 2 rings (SSSR count). The minimum Gasteiger partial charge on any atom is -0.494 e. The Balaban J connectivity index is 1.65. The molecule has 0 bridgehead atoms. The summed E-state index contributed by atoms with van der Waals surface area (Å²) in [6.45, 7) is 2.91. The Morgan fingerprint density at radius 1 is 0.682 bits per heavy atom. The van der Waals surface area contributed by atoms with Crippen molar-refractivity contribution in [3.05, 3.63) is 54.6 Å². The zero-order valence-corrected chi connectivity index (χ0v) is 13.2. The van der Waals surface area contributed by atoms with Crippen molar-refractivity contribution in [3.8, 4) is 16.9 Å². The van der Waals surface area contributed by atoms with Crippen LogP contribution >= 0.6 is 0 Å². The first-order valence-electron chi connectivity index (χ1n) is 7.75. The van der Waals surface area contributed by atoms with Crippen LogP contribution in [0.2, 0.25) is 0 Å². The van der Waals surface area contributed by atoms with E-state index in [4.69, 9.17) is 14.2 Å². The van der Waals surface area contributed by atoms with Crippen LogP contribution < -0.4 is 4.74 Å². The van der Waals surface area contributed by atoms with E-state index in [-0.39, 0.29) is 0 Å². The smallest absolute Gasteiger partial charge is 0.119 e. The van der Waals surface area contributed by atoms with Crippen LogP contribution in [0.1, 0.15) is 12.8 Å². The van der Waals surface area contributed by atoms with E-state index in [2.05, 4.69) is 24.3 Å². The molecule has 0 aliphatic heterocycles. The van der Waals surface area contributed by atoms with Gasteiger partial charge in [-0.15, -0.1) is 0 Å². The lowest BCUT2D eigenvalue weighted by Crippen LogP contribution is -2.05. The molecule has 0 saturated heterocycles. The first-order chi connectivity index (χ1) is 10.9. The highest BCUT2D eigenvalue weighted by Crippen LogP contribution is 2.22. The first-order valence-corrected chi connectivity index (χ1v) is 7.75. The Hall–Kier alpha value is -1.84. The summed E-state index contributed by atoms with van der Waals surface area (Å²) >= 11 is 0. The second kappa shape index (κ2) is 9.98. The summed E-state index contributed by atoms with van der Waals surface area (Å²) in [5, 5.41) is 0. The average Bonchev–Trinajstić information content (AvgIpc) is 2.59. The Kier molecular flexibility index (Phi) is 7.50. The molecule has 0 atom stereocenters. The summed E-state index contributed by atoms with van der Waals surface area (Å²) in [4.78, 5) is 0. The SMILES string of the molecule is COCCCOCCCOc1ccc(-c2ccccc2)cc1. The van der Waals surface area contributed by atoms with Gasteiger partial charge < -0.3 is 14.2 Å². The van der Waals surface area contributed by atoms with E-state index in [0.29, 0.717) is 6.61 Å². The normalized spacial score (nSPS) is 10.6. The van der Waals surface area contributed by atoms with Gasteiger partial charge in [-0.2, -0.15) is 0 Å². The predicted octanol–water partition coefficient (Wildman–Crippen LogP) is 4.18. The molecule has 0 fully saturated rings. The molecule has 0 spiro atoms. The summed E-state index contributed by atoms with van der Waals surface area (Å²) in [7, 11) is 1.71. The second-order valence-electron chi connectivity index (χ2n) is 5.05. The van der Waals surface area contributed by atoms with Crippen LogP contribution in [-0.4, -0.2) is 33.5 Å². The lowest BCUT2D eigenvalue weighted by atomic mass is 10.1. The minimum absolute atomic E-state index is 0.676. The molecule has 0 heterocycles. The van der Waals surface area contributed by atoms with Crippen LogP contribution in [0.4, 0.5) is 0 Å².